The fourth-order valence-corrected chi connectivity index (χ4v) is 2.14. The van der Waals surface area contributed by atoms with Gasteiger partial charge in [0.2, 0.25) is 0 Å². The van der Waals surface area contributed by atoms with Crippen LogP contribution < -0.4 is 15.4 Å². The number of nitrogens with one attached hydrogen (secondary N) is 2. The van der Waals surface area contributed by atoms with Crippen LogP contribution in [0.5, 0.6) is 5.75 Å². The van der Waals surface area contributed by atoms with E-state index in [4.69, 9.17) is 17.0 Å². The maximum atomic E-state index is 5.30. The molecule has 0 aliphatic rings. The molecule has 0 heterocycles. The molecule has 4 heteroatoms. The third kappa shape index (κ3) is 4.46. The van der Waals surface area contributed by atoms with Gasteiger partial charge in [-0.2, -0.15) is 0 Å². The van der Waals surface area contributed by atoms with E-state index in [0.29, 0.717) is 11.7 Å². The molecule has 0 unspecified atom stereocenters. The Morgan fingerprint density at radius 2 is 1.76 bits per heavy atom. The van der Waals surface area contributed by atoms with E-state index in [1.54, 1.807) is 7.11 Å². The molecular weight excluding hydrogens is 280 g/mol. The second kappa shape index (κ2) is 7.09. The molecule has 0 saturated carbocycles. The van der Waals surface area contributed by atoms with Crippen LogP contribution in [0.4, 0.5) is 5.69 Å². The van der Waals surface area contributed by atoms with E-state index >= 15 is 0 Å². The Bertz CT molecular complexity index is 623. The number of rotatable bonds is 4. The first-order valence-corrected chi connectivity index (χ1v) is 7.24. The van der Waals surface area contributed by atoms with Crippen molar-refractivity contribution in [3.8, 4) is 5.75 Å². The summed E-state index contributed by atoms with van der Waals surface area (Å²) in [7, 11) is 1.65. The third-order valence-corrected chi connectivity index (χ3v) is 3.62. The van der Waals surface area contributed by atoms with Gasteiger partial charge in [0, 0.05) is 12.2 Å². The zero-order valence-corrected chi connectivity index (χ0v) is 13.4. The predicted molar refractivity (Wildman–Crippen MR) is 92.0 cm³/mol. The predicted octanol–water partition coefficient (Wildman–Crippen LogP) is 3.80. The quantitative estimate of drug-likeness (QED) is 0.842. The van der Waals surface area contributed by atoms with Gasteiger partial charge in [-0.25, -0.2) is 0 Å². The summed E-state index contributed by atoms with van der Waals surface area (Å²) >= 11 is 5.30. The van der Waals surface area contributed by atoms with Gasteiger partial charge in [-0.05, 0) is 67.0 Å². The van der Waals surface area contributed by atoms with Crippen LogP contribution in [0.2, 0.25) is 0 Å². The van der Waals surface area contributed by atoms with Gasteiger partial charge in [-0.1, -0.05) is 18.2 Å². The molecule has 0 fully saturated rings. The number of anilines is 1. The molecule has 0 aliphatic carbocycles. The summed E-state index contributed by atoms with van der Waals surface area (Å²) in [5.41, 5.74) is 4.76. The molecule has 21 heavy (non-hydrogen) atoms. The SMILES string of the molecule is COc1ccc(NC(=S)NCc2ccc(C)c(C)c2)cc1. The maximum Gasteiger partial charge on any atom is 0.171 e. The van der Waals surface area contributed by atoms with Gasteiger partial charge in [0.25, 0.3) is 0 Å². The van der Waals surface area contributed by atoms with E-state index in [2.05, 4.69) is 42.7 Å². The standard InChI is InChI=1S/C17H20N2OS/c1-12-4-5-14(10-13(12)2)11-18-17(21)19-15-6-8-16(20-3)9-7-15/h4-10H,11H2,1-3H3,(H2,18,19,21). The summed E-state index contributed by atoms with van der Waals surface area (Å²) in [6.45, 7) is 4.94. The van der Waals surface area contributed by atoms with Crippen LogP contribution in [-0.2, 0) is 6.54 Å². The van der Waals surface area contributed by atoms with Gasteiger partial charge >= 0.3 is 0 Å². The minimum Gasteiger partial charge on any atom is -0.497 e. The van der Waals surface area contributed by atoms with Crippen LogP contribution in [0.1, 0.15) is 16.7 Å². The molecule has 0 aromatic heterocycles. The van der Waals surface area contributed by atoms with E-state index in [9.17, 15) is 0 Å². The van der Waals surface area contributed by atoms with Crippen molar-refractivity contribution in [2.24, 2.45) is 0 Å². The molecule has 2 aromatic rings. The van der Waals surface area contributed by atoms with Gasteiger partial charge in [0.15, 0.2) is 5.11 Å². The zero-order chi connectivity index (χ0) is 15.2. The highest BCUT2D eigenvalue weighted by Crippen LogP contribution is 2.15. The summed E-state index contributed by atoms with van der Waals surface area (Å²) in [6.07, 6.45) is 0. The highest BCUT2D eigenvalue weighted by atomic mass is 32.1. The lowest BCUT2D eigenvalue weighted by atomic mass is 10.1. The molecule has 2 N–H and O–H groups in total. The molecule has 0 bridgehead atoms. The third-order valence-electron chi connectivity index (χ3n) is 3.37. The van der Waals surface area contributed by atoms with Crippen molar-refractivity contribution in [1.29, 1.82) is 0 Å². The summed E-state index contributed by atoms with van der Waals surface area (Å²) in [6, 6.07) is 14.1. The maximum absolute atomic E-state index is 5.30. The molecule has 0 saturated heterocycles. The first-order valence-electron chi connectivity index (χ1n) is 6.83. The first kappa shape index (κ1) is 15.3. The molecule has 2 rings (SSSR count). The number of aryl methyl sites for hydroxylation is 2. The van der Waals surface area contributed by atoms with Crippen molar-refractivity contribution in [2.45, 2.75) is 20.4 Å². The summed E-state index contributed by atoms with van der Waals surface area (Å²) in [5.74, 6) is 0.828. The Morgan fingerprint density at radius 3 is 2.38 bits per heavy atom. The molecular formula is C17H20N2OS. The van der Waals surface area contributed by atoms with E-state index in [1.807, 2.05) is 24.3 Å². The second-order valence-electron chi connectivity index (χ2n) is 4.95. The van der Waals surface area contributed by atoms with Crippen molar-refractivity contribution in [3.05, 3.63) is 59.2 Å². The lowest BCUT2D eigenvalue weighted by Gasteiger charge is -2.12. The van der Waals surface area contributed by atoms with Crippen molar-refractivity contribution in [1.82, 2.24) is 5.32 Å². The van der Waals surface area contributed by atoms with Crippen molar-refractivity contribution in [3.63, 3.8) is 0 Å². The topological polar surface area (TPSA) is 33.3 Å². The molecule has 0 radical (unpaired) electrons. The lowest BCUT2D eigenvalue weighted by molar-refractivity contribution is 0.415. The number of hydrogen-bond donors (Lipinski definition) is 2. The van der Waals surface area contributed by atoms with Crippen molar-refractivity contribution < 1.29 is 4.74 Å². The number of ether oxygens (including phenoxy) is 1. The minimum absolute atomic E-state index is 0.610. The van der Waals surface area contributed by atoms with Gasteiger partial charge in [0.05, 0.1) is 7.11 Å². The average molecular weight is 300 g/mol. The lowest BCUT2D eigenvalue weighted by Crippen LogP contribution is -2.27. The van der Waals surface area contributed by atoms with Crippen molar-refractivity contribution in [2.75, 3.05) is 12.4 Å². The smallest absolute Gasteiger partial charge is 0.171 e. The fraction of sp³-hybridized carbons (Fsp3) is 0.235. The van der Waals surface area contributed by atoms with E-state index in [0.717, 1.165) is 11.4 Å². The van der Waals surface area contributed by atoms with E-state index in [1.165, 1.54) is 16.7 Å². The number of thiocarbonyl (C=S) groups is 1. The van der Waals surface area contributed by atoms with Crippen LogP contribution in [0.15, 0.2) is 42.5 Å². The number of methoxy groups -OCH3 is 1. The molecule has 0 amide bonds. The highest BCUT2D eigenvalue weighted by molar-refractivity contribution is 7.80. The zero-order valence-electron chi connectivity index (χ0n) is 12.6. The molecule has 2 aromatic carbocycles. The number of benzene rings is 2. The highest BCUT2D eigenvalue weighted by Gasteiger charge is 2.00. The van der Waals surface area contributed by atoms with Gasteiger partial charge in [-0.15, -0.1) is 0 Å². The molecule has 110 valence electrons. The molecule has 3 nitrogen and oxygen atoms in total. The average Bonchev–Trinajstić information content (AvgIpc) is 2.49. The molecule has 0 atom stereocenters. The summed E-state index contributed by atoms with van der Waals surface area (Å²) in [4.78, 5) is 0. The first-order chi connectivity index (χ1) is 10.1. The van der Waals surface area contributed by atoms with Gasteiger partial charge in [-0.3, -0.25) is 0 Å². The largest absolute Gasteiger partial charge is 0.497 e. The Labute approximate surface area is 131 Å². The van der Waals surface area contributed by atoms with Gasteiger partial charge in [0.1, 0.15) is 5.75 Å². The Morgan fingerprint density at radius 1 is 1.05 bits per heavy atom. The van der Waals surface area contributed by atoms with Crippen LogP contribution in [0.3, 0.4) is 0 Å². The van der Waals surface area contributed by atoms with Crippen molar-refractivity contribution >= 4 is 23.0 Å². The summed E-state index contributed by atoms with van der Waals surface area (Å²) < 4.78 is 5.12. The van der Waals surface area contributed by atoms with Crippen LogP contribution in [-0.4, -0.2) is 12.2 Å². The normalized spacial score (nSPS) is 10.0. The van der Waals surface area contributed by atoms with Crippen LogP contribution >= 0.6 is 12.2 Å². The van der Waals surface area contributed by atoms with Crippen LogP contribution in [0.25, 0.3) is 0 Å². The van der Waals surface area contributed by atoms with Gasteiger partial charge < -0.3 is 15.4 Å². The molecule has 0 aliphatic heterocycles. The monoisotopic (exact) mass is 300 g/mol. The fourth-order valence-electron chi connectivity index (χ4n) is 1.95. The second-order valence-corrected chi connectivity index (χ2v) is 5.36. The van der Waals surface area contributed by atoms with Crippen LogP contribution in [0, 0.1) is 13.8 Å². The van der Waals surface area contributed by atoms with E-state index in [-0.39, 0.29) is 0 Å². The summed E-state index contributed by atoms with van der Waals surface area (Å²) in [5, 5.41) is 6.98. The number of hydrogen-bond acceptors (Lipinski definition) is 2. The van der Waals surface area contributed by atoms with E-state index < -0.39 is 0 Å². The Balaban J connectivity index is 1.87. The molecule has 0 spiro atoms. The Kier molecular flexibility index (Phi) is 5.17. The Hall–Kier alpha value is -2.07. The minimum atomic E-state index is 0.610.